The molecule has 2 N–H and O–H groups in total. The maximum Gasteiger partial charge on any atom is 0.155 e. The number of aliphatic hydroxyl groups is 2. The maximum atomic E-state index is 9.51. The van der Waals surface area contributed by atoms with Crippen LogP contribution in [-0.4, -0.2) is 54.6 Å². The van der Waals surface area contributed by atoms with Crippen LogP contribution in [0.1, 0.15) is 0 Å². The number of hydrogen-bond acceptors (Lipinski definition) is 6. The summed E-state index contributed by atoms with van der Waals surface area (Å²) < 4.78 is 0. The second-order valence-corrected chi connectivity index (χ2v) is 2.20. The predicted molar refractivity (Wildman–Crippen MR) is 42.4 cm³/mol. The second kappa shape index (κ2) is 8.38. The van der Waals surface area contributed by atoms with Crippen LogP contribution in [0.2, 0.25) is 0 Å². The highest BCUT2D eigenvalue weighted by atomic mass is 16.7. The van der Waals surface area contributed by atoms with Gasteiger partial charge in [0.2, 0.25) is 0 Å². The lowest BCUT2D eigenvalue weighted by Crippen LogP contribution is -2.32. The van der Waals surface area contributed by atoms with Crippen molar-refractivity contribution in [3.8, 4) is 0 Å². The van der Waals surface area contributed by atoms with Gasteiger partial charge in [-0.25, -0.2) is 0 Å². The molecule has 0 aliphatic heterocycles. The van der Waals surface area contributed by atoms with E-state index in [4.69, 9.17) is 10.2 Å². The summed E-state index contributed by atoms with van der Waals surface area (Å²) in [4.78, 5) is 15.5. The number of aliphatic hydroxyl groups excluding tert-OH is 2. The number of rotatable bonds is 8. The first-order valence-electron chi connectivity index (χ1n) is 3.73. The minimum absolute atomic E-state index is 0.0223. The molecule has 0 aliphatic rings. The first kappa shape index (κ1) is 11.3. The Morgan fingerprint density at radius 1 is 1.17 bits per heavy atom. The third-order valence-electron chi connectivity index (χ3n) is 1.38. The van der Waals surface area contributed by atoms with E-state index in [0.717, 1.165) is 0 Å². The summed E-state index contributed by atoms with van der Waals surface area (Å²) >= 11 is 0. The number of nitrogens with zero attached hydrogens (tertiary/aromatic N) is 2. The van der Waals surface area contributed by atoms with E-state index in [-0.39, 0.29) is 19.8 Å². The average molecular weight is 178 g/mol. The quantitative estimate of drug-likeness (QED) is 0.282. The van der Waals surface area contributed by atoms with Gasteiger partial charge in [0, 0.05) is 19.6 Å². The van der Waals surface area contributed by atoms with Crippen LogP contribution in [0.5, 0.6) is 0 Å². The minimum Gasteiger partial charge on any atom is -0.395 e. The normalized spacial score (nSPS) is 10.2. The first-order valence-corrected chi connectivity index (χ1v) is 3.73. The van der Waals surface area contributed by atoms with Gasteiger partial charge >= 0.3 is 0 Å². The lowest BCUT2D eigenvalue weighted by molar-refractivity contribution is 0.0891. The lowest BCUT2D eigenvalue weighted by Gasteiger charge is -2.18. The molecule has 0 aromatic carbocycles. The Hall–Kier alpha value is -0.720. The van der Waals surface area contributed by atoms with E-state index in [1.54, 1.807) is 4.90 Å². The summed E-state index contributed by atoms with van der Waals surface area (Å²) in [6, 6.07) is 0. The smallest absolute Gasteiger partial charge is 0.155 e. The molecule has 0 saturated carbocycles. The number of hydrogen-bond donors (Lipinski definition) is 2. The van der Waals surface area contributed by atoms with Gasteiger partial charge in [-0.15, -0.1) is 4.91 Å². The summed E-state index contributed by atoms with van der Waals surface area (Å²) in [5.74, 6) is 0. The largest absolute Gasteiger partial charge is 0.395 e. The Morgan fingerprint density at radius 2 is 1.75 bits per heavy atom. The fourth-order valence-electron chi connectivity index (χ4n) is 0.825. The van der Waals surface area contributed by atoms with E-state index in [9.17, 15) is 4.91 Å². The van der Waals surface area contributed by atoms with E-state index < -0.39 is 0 Å². The van der Waals surface area contributed by atoms with Crippen LogP contribution >= 0.6 is 0 Å². The molecule has 6 heteroatoms. The van der Waals surface area contributed by atoms with Crippen molar-refractivity contribution in [2.45, 2.75) is 0 Å². The van der Waals surface area contributed by atoms with Crippen LogP contribution in [0.3, 0.4) is 0 Å². The molecular formula is C6H14N2O4. The summed E-state index contributed by atoms with van der Waals surface area (Å²) in [6.45, 7) is 1.63. The first-order chi connectivity index (χ1) is 5.85. The van der Waals surface area contributed by atoms with Crippen molar-refractivity contribution >= 4 is 0 Å². The molecule has 0 bridgehead atoms. The predicted octanol–water partition coefficient (Wildman–Crippen LogP) is -1.03. The topological polar surface area (TPSA) is 82.4 Å². The van der Waals surface area contributed by atoms with Gasteiger partial charge in [-0.05, 0) is 0 Å². The van der Waals surface area contributed by atoms with Gasteiger partial charge in [0.25, 0.3) is 0 Å². The molecule has 12 heavy (non-hydrogen) atoms. The third-order valence-corrected chi connectivity index (χ3v) is 1.38. The molecule has 0 unspecified atom stereocenters. The van der Waals surface area contributed by atoms with E-state index in [2.05, 4.69) is 10.2 Å². The zero-order valence-electron chi connectivity index (χ0n) is 6.85. The Labute approximate surface area is 70.7 Å². The van der Waals surface area contributed by atoms with Gasteiger partial charge in [-0.1, -0.05) is 0 Å². The fraction of sp³-hybridized carbons (Fsp3) is 1.00. The molecule has 0 saturated heterocycles. The van der Waals surface area contributed by atoms with Crippen molar-refractivity contribution in [3.05, 3.63) is 4.91 Å². The lowest BCUT2D eigenvalue weighted by atomic mass is 10.4. The van der Waals surface area contributed by atoms with Crippen molar-refractivity contribution < 1.29 is 15.1 Å². The van der Waals surface area contributed by atoms with Crippen molar-refractivity contribution in [2.24, 2.45) is 5.34 Å². The molecule has 0 spiro atoms. The molecular weight excluding hydrogens is 164 g/mol. The van der Waals surface area contributed by atoms with Gasteiger partial charge in [0.1, 0.15) is 6.61 Å². The SMILES string of the molecule is O=NOCCN(CCO)CCO. The van der Waals surface area contributed by atoms with E-state index in [1.165, 1.54) is 0 Å². The van der Waals surface area contributed by atoms with Crippen LogP contribution in [0.15, 0.2) is 5.34 Å². The standard InChI is InChI=1S/C6H14N2O4/c9-4-1-8(2-5-10)3-6-12-7-11/h9-10H,1-6H2. The van der Waals surface area contributed by atoms with Crippen molar-refractivity contribution in [1.29, 1.82) is 0 Å². The van der Waals surface area contributed by atoms with Crippen LogP contribution < -0.4 is 0 Å². The zero-order chi connectivity index (χ0) is 9.23. The summed E-state index contributed by atoms with van der Waals surface area (Å²) in [6.07, 6.45) is 0. The van der Waals surface area contributed by atoms with E-state index >= 15 is 0 Å². The third kappa shape index (κ3) is 6.02. The van der Waals surface area contributed by atoms with Crippen LogP contribution in [0, 0.1) is 4.91 Å². The van der Waals surface area contributed by atoms with Crippen molar-refractivity contribution in [1.82, 2.24) is 4.90 Å². The Bertz CT molecular complexity index is 106. The molecule has 0 fully saturated rings. The van der Waals surface area contributed by atoms with Gasteiger partial charge in [-0.3, -0.25) is 4.90 Å². The fourth-order valence-corrected chi connectivity index (χ4v) is 0.825. The average Bonchev–Trinajstić information content (AvgIpc) is 2.06. The zero-order valence-corrected chi connectivity index (χ0v) is 6.85. The van der Waals surface area contributed by atoms with Gasteiger partial charge in [0.15, 0.2) is 5.34 Å². The highest BCUT2D eigenvalue weighted by molar-refractivity contribution is 4.54. The Balaban J connectivity index is 3.40. The summed E-state index contributed by atoms with van der Waals surface area (Å²) in [5.41, 5.74) is 0. The van der Waals surface area contributed by atoms with E-state index in [0.29, 0.717) is 19.6 Å². The van der Waals surface area contributed by atoms with Crippen LogP contribution in [0.25, 0.3) is 0 Å². The summed E-state index contributed by atoms with van der Waals surface area (Å²) in [7, 11) is 0. The van der Waals surface area contributed by atoms with Crippen molar-refractivity contribution in [2.75, 3.05) is 39.5 Å². The molecule has 0 aromatic heterocycles. The molecule has 6 nitrogen and oxygen atoms in total. The molecule has 0 rings (SSSR count). The second-order valence-electron chi connectivity index (χ2n) is 2.20. The summed E-state index contributed by atoms with van der Waals surface area (Å²) in [5, 5.41) is 19.4. The molecule has 72 valence electrons. The maximum absolute atomic E-state index is 9.51. The molecule has 0 radical (unpaired) electrons. The van der Waals surface area contributed by atoms with Crippen LogP contribution in [-0.2, 0) is 4.84 Å². The van der Waals surface area contributed by atoms with Crippen molar-refractivity contribution in [3.63, 3.8) is 0 Å². The van der Waals surface area contributed by atoms with Gasteiger partial charge in [-0.2, -0.15) is 0 Å². The molecule has 0 aliphatic carbocycles. The molecule has 0 amide bonds. The van der Waals surface area contributed by atoms with Gasteiger partial charge < -0.3 is 15.1 Å². The molecule has 0 aromatic rings. The molecule has 0 heterocycles. The van der Waals surface area contributed by atoms with E-state index in [1.807, 2.05) is 0 Å². The van der Waals surface area contributed by atoms with Crippen LogP contribution in [0.4, 0.5) is 0 Å². The Kier molecular flexibility index (Phi) is 7.87. The highest BCUT2D eigenvalue weighted by Crippen LogP contribution is 1.87. The minimum atomic E-state index is 0.0223. The monoisotopic (exact) mass is 178 g/mol. The van der Waals surface area contributed by atoms with Gasteiger partial charge in [0.05, 0.1) is 13.2 Å². The highest BCUT2D eigenvalue weighted by Gasteiger charge is 2.02. The Morgan fingerprint density at radius 3 is 2.17 bits per heavy atom. The molecule has 0 atom stereocenters.